The number of hydrogen-bond donors (Lipinski definition) is 0. The Morgan fingerprint density at radius 3 is 2.60 bits per heavy atom. The second-order valence-corrected chi connectivity index (χ2v) is 3.52. The van der Waals surface area contributed by atoms with Crippen molar-refractivity contribution < 1.29 is 9.13 Å². The van der Waals surface area contributed by atoms with Gasteiger partial charge in [-0.05, 0) is 36.6 Å². The van der Waals surface area contributed by atoms with E-state index in [4.69, 9.17) is 4.74 Å². The van der Waals surface area contributed by atoms with Gasteiger partial charge in [0, 0.05) is 5.92 Å². The first-order valence-corrected chi connectivity index (χ1v) is 5.37. The smallest absolute Gasteiger partial charge is 0.119 e. The first-order chi connectivity index (χ1) is 7.22. The lowest BCUT2D eigenvalue weighted by atomic mass is 9.95. The van der Waals surface area contributed by atoms with Gasteiger partial charge in [0.1, 0.15) is 5.75 Å². The van der Waals surface area contributed by atoms with Crippen molar-refractivity contribution in [1.29, 1.82) is 0 Å². The van der Waals surface area contributed by atoms with Gasteiger partial charge in [0.25, 0.3) is 0 Å². The summed E-state index contributed by atoms with van der Waals surface area (Å²) >= 11 is 0. The topological polar surface area (TPSA) is 9.23 Å². The zero-order valence-corrected chi connectivity index (χ0v) is 9.64. The van der Waals surface area contributed by atoms with E-state index in [0.29, 0.717) is 6.61 Å². The molecule has 0 atom stereocenters. The van der Waals surface area contributed by atoms with Gasteiger partial charge in [0.2, 0.25) is 0 Å². The van der Waals surface area contributed by atoms with E-state index in [1.165, 1.54) is 5.56 Å². The fourth-order valence-electron chi connectivity index (χ4n) is 1.59. The minimum atomic E-state index is -0.400. The van der Waals surface area contributed by atoms with E-state index >= 15 is 0 Å². The Bertz CT molecular complexity index is 309. The Labute approximate surface area is 91.3 Å². The average molecular weight is 209 g/mol. The van der Waals surface area contributed by atoms with Gasteiger partial charge in [0.15, 0.2) is 0 Å². The van der Waals surface area contributed by atoms with Gasteiger partial charge >= 0.3 is 0 Å². The normalized spacial score (nSPS) is 10.7. The molecule has 0 aliphatic heterocycles. The molecule has 83 valence electrons. The molecule has 1 rings (SSSR count). The summed E-state index contributed by atoms with van der Waals surface area (Å²) in [4.78, 5) is 0. The van der Waals surface area contributed by atoms with E-state index in [1.54, 1.807) is 0 Å². The number of benzene rings is 1. The Balaban J connectivity index is 3.01. The second kappa shape index (κ2) is 5.74. The molecule has 0 spiro atoms. The fraction of sp³-hybridized carbons (Fsp3) is 0.462. The maximum atomic E-state index is 12.6. The molecule has 0 aliphatic carbocycles. The summed E-state index contributed by atoms with van der Waals surface area (Å²) in [6, 6.07) is 5.88. The summed E-state index contributed by atoms with van der Waals surface area (Å²) < 4.78 is 18.0. The van der Waals surface area contributed by atoms with E-state index in [1.807, 2.05) is 32.0 Å². The van der Waals surface area contributed by atoms with Crippen LogP contribution in [0.25, 0.3) is 0 Å². The summed E-state index contributed by atoms with van der Waals surface area (Å²) in [5.41, 5.74) is 2.17. The third-order valence-electron chi connectivity index (χ3n) is 2.43. The van der Waals surface area contributed by atoms with Gasteiger partial charge in [-0.15, -0.1) is 0 Å². The molecule has 1 aromatic carbocycles. The lowest BCUT2D eigenvalue weighted by Gasteiger charge is -2.14. The van der Waals surface area contributed by atoms with Gasteiger partial charge in [-0.1, -0.05) is 19.9 Å². The highest BCUT2D eigenvalue weighted by Crippen LogP contribution is 2.25. The minimum Gasteiger partial charge on any atom is -0.494 e. The molecule has 0 aliphatic rings. The van der Waals surface area contributed by atoms with Crippen molar-refractivity contribution in [2.24, 2.45) is 0 Å². The quantitative estimate of drug-likeness (QED) is 0.720. The zero-order chi connectivity index (χ0) is 11.3. The van der Waals surface area contributed by atoms with Crippen LogP contribution in [0.1, 0.15) is 31.9 Å². The van der Waals surface area contributed by atoms with Crippen molar-refractivity contribution in [2.45, 2.75) is 27.2 Å². The zero-order valence-electron chi connectivity index (χ0n) is 9.64. The Morgan fingerprint density at radius 1 is 1.33 bits per heavy atom. The molecular formula is C13H18FO. The maximum absolute atomic E-state index is 12.6. The van der Waals surface area contributed by atoms with Crippen LogP contribution in [-0.2, 0) is 6.42 Å². The van der Waals surface area contributed by atoms with Gasteiger partial charge < -0.3 is 4.74 Å². The third kappa shape index (κ3) is 2.95. The van der Waals surface area contributed by atoms with Gasteiger partial charge in [-0.25, -0.2) is 0 Å². The minimum absolute atomic E-state index is 0.400. The molecule has 0 N–H and O–H groups in total. The van der Waals surface area contributed by atoms with E-state index in [9.17, 15) is 4.39 Å². The monoisotopic (exact) mass is 209 g/mol. The molecule has 1 radical (unpaired) electrons. The summed E-state index contributed by atoms with van der Waals surface area (Å²) in [6.45, 7) is 6.08. The molecule has 1 aromatic rings. The van der Waals surface area contributed by atoms with Gasteiger partial charge in [-0.3, -0.25) is 4.39 Å². The number of ether oxygens (including phenoxy) is 1. The van der Waals surface area contributed by atoms with Crippen LogP contribution in [0.5, 0.6) is 5.75 Å². The first kappa shape index (κ1) is 12.0. The van der Waals surface area contributed by atoms with E-state index in [2.05, 4.69) is 6.92 Å². The van der Waals surface area contributed by atoms with Crippen LogP contribution in [0, 0.1) is 5.92 Å². The molecule has 15 heavy (non-hydrogen) atoms. The van der Waals surface area contributed by atoms with Crippen LogP contribution in [-0.4, -0.2) is 13.3 Å². The molecule has 1 nitrogen and oxygen atoms in total. The largest absolute Gasteiger partial charge is 0.494 e. The van der Waals surface area contributed by atoms with E-state index in [-0.39, 0.29) is 0 Å². The molecule has 0 amide bonds. The predicted octanol–water partition coefficient (Wildman–Crippen LogP) is 3.56. The number of aryl methyl sites for hydroxylation is 1. The van der Waals surface area contributed by atoms with Crippen molar-refractivity contribution in [3.8, 4) is 5.75 Å². The summed E-state index contributed by atoms with van der Waals surface area (Å²) in [7, 11) is 0. The molecule has 0 saturated heterocycles. The first-order valence-electron chi connectivity index (χ1n) is 5.37. The van der Waals surface area contributed by atoms with E-state index in [0.717, 1.165) is 23.7 Å². The molecule has 0 fully saturated rings. The molecule has 0 bridgehead atoms. The molecule has 0 aromatic heterocycles. The van der Waals surface area contributed by atoms with E-state index < -0.39 is 6.67 Å². The van der Waals surface area contributed by atoms with Crippen LogP contribution >= 0.6 is 0 Å². The maximum Gasteiger partial charge on any atom is 0.119 e. The lowest BCUT2D eigenvalue weighted by molar-refractivity contribution is 0.340. The Morgan fingerprint density at radius 2 is 2.07 bits per heavy atom. The number of rotatable bonds is 5. The molecule has 0 heterocycles. The third-order valence-corrected chi connectivity index (χ3v) is 2.43. The van der Waals surface area contributed by atoms with Crippen molar-refractivity contribution in [2.75, 3.05) is 13.3 Å². The fourth-order valence-corrected chi connectivity index (χ4v) is 1.59. The molecule has 2 heteroatoms. The highest BCUT2D eigenvalue weighted by atomic mass is 19.1. The van der Waals surface area contributed by atoms with Crippen LogP contribution in [0.2, 0.25) is 0 Å². The number of hydrogen-bond acceptors (Lipinski definition) is 1. The Hall–Kier alpha value is -1.05. The SMILES string of the molecule is CCOc1ccc(CC)c([C](C)CF)c1. The van der Waals surface area contributed by atoms with Crippen molar-refractivity contribution >= 4 is 0 Å². The lowest BCUT2D eigenvalue weighted by Crippen LogP contribution is -2.03. The van der Waals surface area contributed by atoms with Crippen molar-refractivity contribution in [3.63, 3.8) is 0 Å². The second-order valence-electron chi connectivity index (χ2n) is 3.52. The predicted molar refractivity (Wildman–Crippen MR) is 61.0 cm³/mol. The molecule has 0 unspecified atom stereocenters. The Kier molecular flexibility index (Phi) is 4.60. The summed E-state index contributed by atoms with van der Waals surface area (Å²) in [6.07, 6.45) is 0.916. The highest BCUT2D eigenvalue weighted by Gasteiger charge is 2.11. The van der Waals surface area contributed by atoms with Crippen molar-refractivity contribution in [1.82, 2.24) is 0 Å². The molecular weight excluding hydrogens is 191 g/mol. The average Bonchev–Trinajstić information content (AvgIpc) is 2.28. The molecule has 0 saturated carbocycles. The van der Waals surface area contributed by atoms with Crippen LogP contribution < -0.4 is 4.74 Å². The summed E-state index contributed by atoms with van der Waals surface area (Å²) in [5, 5.41) is 0. The van der Waals surface area contributed by atoms with Gasteiger partial charge in [0.05, 0.1) is 13.3 Å². The van der Waals surface area contributed by atoms with Gasteiger partial charge in [-0.2, -0.15) is 0 Å². The number of halogens is 1. The number of alkyl halides is 1. The highest BCUT2D eigenvalue weighted by molar-refractivity contribution is 5.43. The van der Waals surface area contributed by atoms with Crippen molar-refractivity contribution in [3.05, 3.63) is 35.2 Å². The standard InChI is InChI=1S/C13H18FO/c1-4-11-6-7-12(15-5-2)8-13(11)10(3)9-14/h6-8H,4-5,9H2,1-3H3. The van der Waals surface area contributed by atoms with Crippen LogP contribution in [0.15, 0.2) is 18.2 Å². The van der Waals surface area contributed by atoms with Crippen LogP contribution in [0.4, 0.5) is 4.39 Å². The van der Waals surface area contributed by atoms with Crippen LogP contribution in [0.3, 0.4) is 0 Å². The summed E-state index contributed by atoms with van der Waals surface area (Å²) in [5.74, 6) is 1.59.